The Labute approximate surface area is 100 Å². The maximum Gasteiger partial charge on any atom is 0.522 e. The van der Waals surface area contributed by atoms with Crippen molar-refractivity contribution in [3.63, 3.8) is 0 Å². The highest BCUT2D eigenvalue weighted by molar-refractivity contribution is 5.86. The molecule has 1 rings (SSSR count). The number of rotatable bonds is 6. The lowest BCUT2D eigenvalue weighted by molar-refractivity contribution is -0.325. The van der Waals surface area contributed by atoms with Crippen LogP contribution in [0.5, 0.6) is 0 Å². The number of aromatic nitrogens is 3. The van der Waals surface area contributed by atoms with Gasteiger partial charge in [-0.25, -0.2) is 9.48 Å². The monoisotopic (exact) mass is 267 g/mol. The maximum atomic E-state index is 11.8. The van der Waals surface area contributed by atoms with Gasteiger partial charge in [-0.1, -0.05) is 18.6 Å². The van der Waals surface area contributed by atoms with Crippen molar-refractivity contribution in [3.8, 4) is 0 Å². The van der Waals surface area contributed by atoms with Crippen LogP contribution in [0.2, 0.25) is 0 Å². The van der Waals surface area contributed by atoms with Crippen LogP contribution in [0.4, 0.5) is 13.2 Å². The van der Waals surface area contributed by atoms with Crippen molar-refractivity contribution in [2.75, 3.05) is 6.61 Å². The molecular weight excluding hydrogens is 255 g/mol. The predicted octanol–water partition coefficient (Wildman–Crippen LogP) is 1.47. The molecule has 1 heterocycles. The summed E-state index contributed by atoms with van der Waals surface area (Å²) in [4.78, 5) is 10.8. The fraction of sp³-hybridized carbons (Fsp3) is 0.667. The topological polar surface area (TPSA) is 77.2 Å². The molecule has 6 nitrogen and oxygen atoms in total. The van der Waals surface area contributed by atoms with E-state index in [1.807, 2.05) is 6.92 Å². The molecule has 0 fully saturated rings. The Balaban J connectivity index is 2.73. The predicted molar refractivity (Wildman–Crippen MR) is 53.0 cm³/mol. The molecule has 0 aliphatic heterocycles. The standard InChI is InChI=1S/C9H12F3N3O3/c1-2-3-6-7(8(16)17)13-14-15(6)4-5-18-9(10,11)12/h2-5H2,1H3,(H,16,17). The first-order valence-electron chi connectivity index (χ1n) is 5.21. The van der Waals surface area contributed by atoms with Gasteiger partial charge in [-0.05, 0) is 6.42 Å². The second-order valence-electron chi connectivity index (χ2n) is 3.46. The first-order chi connectivity index (χ1) is 8.35. The number of carboxylic acid groups (broad SMARTS) is 1. The second kappa shape index (κ2) is 5.80. The smallest absolute Gasteiger partial charge is 0.476 e. The summed E-state index contributed by atoms with van der Waals surface area (Å²) >= 11 is 0. The number of alkyl halides is 3. The lowest BCUT2D eigenvalue weighted by Crippen LogP contribution is -2.19. The minimum absolute atomic E-state index is 0.199. The highest BCUT2D eigenvalue weighted by Crippen LogP contribution is 2.16. The number of carboxylic acids is 1. The van der Waals surface area contributed by atoms with E-state index in [2.05, 4.69) is 15.0 Å². The van der Waals surface area contributed by atoms with E-state index in [1.54, 1.807) is 0 Å². The van der Waals surface area contributed by atoms with Crippen LogP contribution in [0, 0.1) is 0 Å². The molecule has 0 bridgehead atoms. The van der Waals surface area contributed by atoms with Crippen LogP contribution in [0.15, 0.2) is 0 Å². The fourth-order valence-corrected chi connectivity index (χ4v) is 1.41. The number of nitrogens with zero attached hydrogens (tertiary/aromatic N) is 3. The number of carbonyl (C=O) groups is 1. The van der Waals surface area contributed by atoms with Gasteiger partial charge in [0, 0.05) is 0 Å². The van der Waals surface area contributed by atoms with Crippen molar-refractivity contribution in [1.29, 1.82) is 0 Å². The number of aromatic carboxylic acids is 1. The Morgan fingerprint density at radius 2 is 2.17 bits per heavy atom. The highest BCUT2D eigenvalue weighted by atomic mass is 19.4. The van der Waals surface area contributed by atoms with Gasteiger partial charge in [0.2, 0.25) is 0 Å². The van der Waals surface area contributed by atoms with E-state index in [0.717, 1.165) is 4.68 Å². The molecule has 102 valence electrons. The Bertz CT molecular complexity index is 417. The number of halogens is 3. The van der Waals surface area contributed by atoms with Gasteiger partial charge >= 0.3 is 12.3 Å². The third-order valence-corrected chi connectivity index (χ3v) is 2.10. The molecule has 0 aliphatic carbocycles. The van der Waals surface area contributed by atoms with Gasteiger partial charge in [-0.3, -0.25) is 4.74 Å². The molecule has 0 aliphatic rings. The molecular formula is C9H12F3N3O3. The molecule has 1 N–H and O–H groups in total. The fourth-order valence-electron chi connectivity index (χ4n) is 1.41. The number of hydrogen-bond acceptors (Lipinski definition) is 4. The van der Waals surface area contributed by atoms with Gasteiger partial charge in [0.25, 0.3) is 0 Å². The van der Waals surface area contributed by atoms with Gasteiger partial charge in [-0.15, -0.1) is 18.3 Å². The zero-order chi connectivity index (χ0) is 13.8. The normalized spacial score (nSPS) is 11.8. The molecule has 0 amide bonds. The van der Waals surface area contributed by atoms with Crippen molar-refractivity contribution in [1.82, 2.24) is 15.0 Å². The second-order valence-corrected chi connectivity index (χ2v) is 3.46. The first-order valence-corrected chi connectivity index (χ1v) is 5.21. The van der Waals surface area contributed by atoms with Crippen LogP contribution in [0.3, 0.4) is 0 Å². The lowest BCUT2D eigenvalue weighted by atomic mass is 10.2. The minimum atomic E-state index is -4.71. The van der Waals surface area contributed by atoms with Crippen LogP contribution >= 0.6 is 0 Å². The average molecular weight is 267 g/mol. The molecule has 0 radical (unpaired) electrons. The number of ether oxygens (including phenoxy) is 1. The van der Waals surface area contributed by atoms with E-state index in [0.29, 0.717) is 18.5 Å². The molecule has 0 atom stereocenters. The zero-order valence-corrected chi connectivity index (χ0v) is 9.57. The quantitative estimate of drug-likeness (QED) is 0.844. The van der Waals surface area contributed by atoms with E-state index in [9.17, 15) is 18.0 Å². The van der Waals surface area contributed by atoms with Crippen molar-refractivity contribution >= 4 is 5.97 Å². The minimum Gasteiger partial charge on any atom is -0.476 e. The van der Waals surface area contributed by atoms with Gasteiger partial charge in [-0.2, -0.15) is 0 Å². The summed E-state index contributed by atoms with van der Waals surface area (Å²) in [5.74, 6) is -1.25. The van der Waals surface area contributed by atoms with Gasteiger partial charge in [0.1, 0.15) is 0 Å². The van der Waals surface area contributed by atoms with Crippen LogP contribution in [-0.2, 0) is 17.7 Å². The molecule has 9 heteroatoms. The van der Waals surface area contributed by atoms with Crippen molar-refractivity contribution in [3.05, 3.63) is 11.4 Å². The molecule has 0 unspecified atom stereocenters. The summed E-state index contributed by atoms with van der Waals surface area (Å²) in [7, 11) is 0. The van der Waals surface area contributed by atoms with Gasteiger partial charge in [0.15, 0.2) is 5.69 Å². The van der Waals surface area contributed by atoms with Crippen LogP contribution in [0.1, 0.15) is 29.5 Å². The van der Waals surface area contributed by atoms with Crippen LogP contribution < -0.4 is 0 Å². The van der Waals surface area contributed by atoms with E-state index >= 15 is 0 Å². The summed E-state index contributed by atoms with van der Waals surface area (Å²) in [6.07, 6.45) is -3.70. The lowest BCUT2D eigenvalue weighted by Gasteiger charge is -2.08. The van der Waals surface area contributed by atoms with E-state index in [-0.39, 0.29) is 12.2 Å². The molecule has 18 heavy (non-hydrogen) atoms. The van der Waals surface area contributed by atoms with Crippen molar-refractivity contribution < 1.29 is 27.8 Å². The van der Waals surface area contributed by atoms with E-state index in [4.69, 9.17) is 5.11 Å². The number of hydrogen-bond donors (Lipinski definition) is 1. The summed E-state index contributed by atoms with van der Waals surface area (Å²) in [6, 6.07) is 0. The Morgan fingerprint density at radius 3 is 2.67 bits per heavy atom. The van der Waals surface area contributed by atoms with Crippen molar-refractivity contribution in [2.24, 2.45) is 0 Å². The molecule has 1 aromatic rings. The largest absolute Gasteiger partial charge is 0.522 e. The molecule has 0 saturated heterocycles. The third kappa shape index (κ3) is 3.99. The Kier molecular flexibility index (Phi) is 4.65. The Morgan fingerprint density at radius 1 is 1.50 bits per heavy atom. The average Bonchev–Trinajstić information content (AvgIpc) is 2.60. The Hall–Kier alpha value is -1.64. The van der Waals surface area contributed by atoms with E-state index < -0.39 is 18.9 Å². The summed E-state index contributed by atoms with van der Waals surface area (Å²) < 4.78 is 40.1. The molecule has 1 aromatic heterocycles. The summed E-state index contributed by atoms with van der Waals surface area (Å²) in [5.41, 5.74) is 0.0691. The van der Waals surface area contributed by atoms with Crippen molar-refractivity contribution in [2.45, 2.75) is 32.7 Å². The molecule has 0 aromatic carbocycles. The summed E-state index contributed by atoms with van der Waals surface area (Å²) in [6.45, 7) is 0.979. The zero-order valence-electron chi connectivity index (χ0n) is 9.57. The highest BCUT2D eigenvalue weighted by Gasteiger charge is 2.29. The maximum absolute atomic E-state index is 11.8. The van der Waals surface area contributed by atoms with E-state index in [1.165, 1.54) is 0 Å². The van der Waals surface area contributed by atoms with Crippen LogP contribution in [-0.4, -0.2) is 39.0 Å². The molecule has 0 saturated carbocycles. The van der Waals surface area contributed by atoms with Gasteiger partial charge < -0.3 is 5.11 Å². The summed E-state index contributed by atoms with van der Waals surface area (Å²) in [5, 5.41) is 15.8. The molecule has 0 spiro atoms. The van der Waals surface area contributed by atoms with Gasteiger partial charge in [0.05, 0.1) is 18.8 Å². The SMILES string of the molecule is CCCc1c(C(=O)O)nnn1CCOC(F)(F)F. The third-order valence-electron chi connectivity index (χ3n) is 2.10. The first kappa shape index (κ1) is 14.4. The van der Waals surface area contributed by atoms with Crippen LogP contribution in [0.25, 0.3) is 0 Å².